The molecule has 0 radical (unpaired) electrons. The van der Waals surface area contributed by atoms with Gasteiger partial charge in [0.05, 0.1) is 44.1 Å². The Hall–Kier alpha value is -2.16. The van der Waals surface area contributed by atoms with E-state index in [1.807, 2.05) is 0 Å². The Morgan fingerprint density at radius 2 is 1.22 bits per heavy atom. The quantitative estimate of drug-likeness (QED) is 0.0515. The number of esters is 1. The number of hydrogen-bond donors (Lipinski definition) is 15. The van der Waals surface area contributed by atoms with Crippen molar-refractivity contribution in [2.24, 2.45) is 50.2 Å². The molecule has 2 unspecified atom stereocenters. The van der Waals surface area contributed by atoms with Crippen LogP contribution in [0.3, 0.4) is 0 Å². The van der Waals surface area contributed by atoms with Gasteiger partial charge in [-0.15, -0.1) is 0 Å². The van der Waals surface area contributed by atoms with Crippen molar-refractivity contribution in [1.29, 1.82) is 0 Å². The molecular formula is C53H84O25. The summed E-state index contributed by atoms with van der Waals surface area (Å²) in [5.74, 6) is -3.25. The molecular weight excluding hydrogens is 1040 g/mol. The molecule has 25 heteroatoms. The SMILES string of the molecule is CC1(C)CC[C@]2(C(=O)O[C@@H]3O[C@H](CO[C@@H]4O[C@H](CO)[C@@H](O)[C@H](O)[C@H]4O)[C@@H](O)[C@H](O[C@@H]4O[C@H](CO)[C@@H](O)[C@H](O)[C@H]4O)[C@H]3O)[C@H](O)C[C@]3(C)C(=CCC4[C@@]5(C)CC[C@H](O[C@@H]6OC[C@@H](O)[C@H](O)[C@H]6O)[C@@](C)(C(=O)O)C5CC[C@]43C)[C@@H]2C1. The van der Waals surface area contributed by atoms with Gasteiger partial charge in [0, 0.05) is 0 Å². The average molecular weight is 1120 g/mol. The zero-order chi connectivity index (χ0) is 57.1. The molecule has 4 saturated carbocycles. The van der Waals surface area contributed by atoms with E-state index in [4.69, 9.17) is 37.9 Å². The van der Waals surface area contributed by atoms with Gasteiger partial charge in [-0.25, -0.2) is 0 Å². The minimum Gasteiger partial charge on any atom is -0.481 e. The van der Waals surface area contributed by atoms with Crippen LogP contribution in [0.15, 0.2) is 11.6 Å². The molecule has 9 aliphatic rings. The number of rotatable bonds is 12. The van der Waals surface area contributed by atoms with Gasteiger partial charge >= 0.3 is 11.9 Å². The van der Waals surface area contributed by atoms with Crippen molar-refractivity contribution < 1.29 is 124 Å². The number of carboxylic acids is 1. The molecule has 4 saturated heterocycles. The molecule has 25 nitrogen and oxygen atoms in total. The highest BCUT2D eigenvalue weighted by Crippen LogP contribution is 2.76. The van der Waals surface area contributed by atoms with Gasteiger partial charge in [-0.1, -0.05) is 46.3 Å². The van der Waals surface area contributed by atoms with Crippen molar-refractivity contribution >= 4 is 11.9 Å². The summed E-state index contributed by atoms with van der Waals surface area (Å²) in [5.41, 5.74) is -4.48. The Labute approximate surface area is 451 Å². The van der Waals surface area contributed by atoms with Crippen LogP contribution in [0.25, 0.3) is 0 Å². The Bertz CT molecular complexity index is 2200. The van der Waals surface area contributed by atoms with Crippen LogP contribution in [0, 0.1) is 50.2 Å². The standard InChI is InChI=1S/C53H84O25/c1-48(2)13-14-53(47(70)78-45-40(67)41(77-44-39(66)36(63)33(60)25(18-55)74-44)34(61)26(75-45)20-72-42-38(65)35(62)32(59)24(17-54)73-42)22(15-48)21-7-8-27-49(3)11-10-30(76-43-37(64)31(58)23(56)19-71-43)52(6,46(68)69)28(49)9-12-50(27,4)51(21,5)16-29(53)57/h7,22-45,54-67H,8-20H2,1-6H3,(H,68,69)/t22-,23+,24+,25+,26+,27?,28?,29+,30-,31-,32+,33+,34+,35-,36-,37+,38+,39+,40+,41-,42+,43-,44-,45-,49+,50+,51+,52-,53+/m0/s1. The molecule has 29 atom stereocenters. The first-order valence-corrected chi connectivity index (χ1v) is 27.5. The van der Waals surface area contributed by atoms with E-state index in [9.17, 15) is 81.4 Å². The molecule has 0 amide bonds. The number of carbonyl (C=O) groups excluding carboxylic acids is 1. The number of carboxylic acid groups (broad SMARTS) is 1. The predicted octanol–water partition coefficient (Wildman–Crippen LogP) is -3.36. The summed E-state index contributed by atoms with van der Waals surface area (Å²) in [4.78, 5) is 29.1. The number of carbonyl (C=O) groups is 2. The monoisotopic (exact) mass is 1120 g/mol. The van der Waals surface area contributed by atoms with Crippen molar-refractivity contribution in [3.8, 4) is 0 Å². The first kappa shape index (κ1) is 60.4. The summed E-state index contributed by atoms with van der Waals surface area (Å²) in [7, 11) is 0. The van der Waals surface area contributed by atoms with Gasteiger partial charge in [-0.3, -0.25) is 9.59 Å². The number of ether oxygens (including phenoxy) is 8. The minimum atomic E-state index is -2.11. The first-order valence-electron chi connectivity index (χ1n) is 27.5. The summed E-state index contributed by atoms with van der Waals surface area (Å²) in [5, 5.41) is 162. The molecule has 0 aromatic carbocycles. The lowest BCUT2D eigenvalue weighted by Crippen LogP contribution is -2.69. The fourth-order valence-corrected chi connectivity index (χ4v) is 16.2. The first-order chi connectivity index (χ1) is 36.5. The third kappa shape index (κ3) is 9.52. The fraction of sp³-hybridized carbons (Fsp3) is 0.925. The number of allylic oxidation sites excluding steroid dienone is 2. The number of hydrogen-bond acceptors (Lipinski definition) is 24. The Balaban J connectivity index is 1.01. The highest BCUT2D eigenvalue weighted by molar-refractivity contribution is 5.80. The van der Waals surface area contributed by atoms with Crippen LogP contribution in [0.5, 0.6) is 0 Å². The van der Waals surface area contributed by atoms with E-state index < -0.39 is 200 Å². The van der Waals surface area contributed by atoms with Gasteiger partial charge in [0.25, 0.3) is 0 Å². The maximum Gasteiger partial charge on any atom is 0.317 e. The van der Waals surface area contributed by atoms with Crippen LogP contribution in [0.2, 0.25) is 0 Å². The largest absolute Gasteiger partial charge is 0.481 e. The van der Waals surface area contributed by atoms with Crippen molar-refractivity contribution in [3.05, 3.63) is 11.6 Å². The van der Waals surface area contributed by atoms with Crippen LogP contribution in [-0.4, -0.2) is 244 Å². The van der Waals surface area contributed by atoms with E-state index in [1.54, 1.807) is 6.92 Å². The zero-order valence-corrected chi connectivity index (χ0v) is 44.9. The maximum atomic E-state index is 15.5. The number of aliphatic hydroxyl groups excluding tert-OH is 14. The van der Waals surface area contributed by atoms with E-state index in [1.165, 1.54) is 0 Å². The second kappa shape index (κ2) is 21.8. The van der Waals surface area contributed by atoms with Gasteiger partial charge in [0.2, 0.25) is 6.29 Å². The molecule has 0 bridgehead atoms. The molecule has 446 valence electrons. The molecule has 78 heavy (non-hydrogen) atoms. The number of fused-ring (bicyclic) bond motifs is 7. The number of aliphatic hydroxyl groups is 14. The average Bonchev–Trinajstić information content (AvgIpc) is 2.95. The van der Waals surface area contributed by atoms with Crippen LogP contribution < -0.4 is 0 Å². The van der Waals surface area contributed by atoms with Crippen LogP contribution in [0.4, 0.5) is 0 Å². The lowest BCUT2D eigenvalue weighted by Gasteiger charge is -2.71. The molecule has 0 aromatic heterocycles. The Morgan fingerprint density at radius 1 is 0.615 bits per heavy atom. The van der Waals surface area contributed by atoms with Crippen LogP contribution >= 0.6 is 0 Å². The lowest BCUT2D eigenvalue weighted by atomic mass is 9.33. The lowest BCUT2D eigenvalue weighted by molar-refractivity contribution is -0.363. The van der Waals surface area contributed by atoms with Crippen molar-refractivity contribution in [2.75, 3.05) is 26.4 Å². The molecule has 4 heterocycles. The predicted molar refractivity (Wildman–Crippen MR) is 260 cm³/mol. The summed E-state index contributed by atoms with van der Waals surface area (Å²) in [6.45, 7) is 9.53. The normalized spacial score (nSPS) is 54.1. The summed E-state index contributed by atoms with van der Waals surface area (Å²) < 4.78 is 46.8. The molecule has 0 aromatic rings. The molecule has 8 fully saturated rings. The molecule has 15 N–H and O–H groups in total. The van der Waals surface area contributed by atoms with E-state index in [-0.39, 0.29) is 37.2 Å². The van der Waals surface area contributed by atoms with E-state index >= 15 is 4.79 Å². The molecule has 4 aliphatic heterocycles. The van der Waals surface area contributed by atoms with Crippen molar-refractivity contribution in [1.82, 2.24) is 0 Å². The highest BCUT2D eigenvalue weighted by atomic mass is 16.8. The summed E-state index contributed by atoms with van der Waals surface area (Å²) in [6.07, 6.45) is -30.1. The number of aliphatic carboxylic acids is 1. The fourth-order valence-electron chi connectivity index (χ4n) is 16.2. The van der Waals surface area contributed by atoms with E-state index in [2.05, 4.69) is 40.7 Å². The van der Waals surface area contributed by atoms with Gasteiger partial charge < -0.3 is 114 Å². The minimum absolute atomic E-state index is 0.0802. The zero-order valence-electron chi connectivity index (χ0n) is 44.9. The second-order valence-corrected chi connectivity index (χ2v) is 25.7. The molecule has 9 rings (SSSR count). The smallest absolute Gasteiger partial charge is 0.317 e. The van der Waals surface area contributed by atoms with Gasteiger partial charge in [-0.2, -0.15) is 0 Å². The van der Waals surface area contributed by atoms with Crippen LogP contribution in [-0.2, 0) is 47.5 Å². The van der Waals surface area contributed by atoms with Crippen LogP contribution in [0.1, 0.15) is 99.3 Å². The molecule has 5 aliphatic carbocycles. The Morgan fingerprint density at radius 3 is 1.85 bits per heavy atom. The Kier molecular flexibility index (Phi) is 16.9. The maximum absolute atomic E-state index is 15.5. The second-order valence-electron chi connectivity index (χ2n) is 25.7. The third-order valence-corrected chi connectivity index (χ3v) is 21.2. The highest BCUT2D eigenvalue weighted by Gasteiger charge is 2.73. The van der Waals surface area contributed by atoms with Gasteiger partial charge in [-0.05, 0) is 104 Å². The van der Waals surface area contributed by atoms with Crippen molar-refractivity contribution in [3.63, 3.8) is 0 Å². The molecule has 0 spiro atoms. The van der Waals surface area contributed by atoms with Gasteiger partial charge in [0.1, 0.15) is 97.0 Å². The van der Waals surface area contributed by atoms with Gasteiger partial charge in [0.15, 0.2) is 18.9 Å². The topological polar surface area (TPSA) is 411 Å². The third-order valence-electron chi connectivity index (χ3n) is 21.2. The van der Waals surface area contributed by atoms with Crippen molar-refractivity contribution in [2.45, 2.75) is 228 Å². The summed E-state index contributed by atoms with van der Waals surface area (Å²) in [6, 6.07) is 0. The summed E-state index contributed by atoms with van der Waals surface area (Å²) >= 11 is 0. The van der Waals surface area contributed by atoms with E-state index in [0.717, 1.165) is 5.57 Å². The van der Waals surface area contributed by atoms with E-state index in [0.29, 0.717) is 38.5 Å².